The molecule has 18 heavy (non-hydrogen) atoms. The molecule has 0 amide bonds. The molecule has 0 aliphatic carbocycles. The summed E-state index contributed by atoms with van der Waals surface area (Å²) < 4.78 is 44.3. The highest BCUT2D eigenvalue weighted by Crippen LogP contribution is 2.16. The van der Waals surface area contributed by atoms with Crippen LogP contribution in [0.25, 0.3) is 0 Å². The van der Waals surface area contributed by atoms with E-state index in [1.807, 2.05) is 0 Å². The van der Waals surface area contributed by atoms with E-state index in [2.05, 4.69) is 4.74 Å². The number of esters is 1. The zero-order valence-electron chi connectivity index (χ0n) is 9.75. The van der Waals surface area contributed by atoms with Crippen LogP contribution in [0.2, 0.25) is 0 Å². The molecule has 1 atom stereocenters. The van der Waals surface area contributed by atoms with Crippen molar-refractivity contribution < 1.29 is 27.5 Å². The van der Waals surface area contributed by atoms with E-state index < -0.39 is 41.2 Å². The van der Waals surface area contributed by atoms with Crippen LogP contribution in [0.15, 0.2) is 18.2 Å². The van der Waals surface area contributed by atoms with E-state index in [4.69, 9.17) is 0 Å². The zero-order chi connectivity index (χ0) is 13.9. The number of rotatable bonds is 4. The van der Waals surface area contributed by atoms with Gasteiger partial charge in [-0.2, -0.15) is 0 Å². The van der Waals surface area contributed by atoms with Gasteiger partial charge in [-0.15, -0.1) is 0 Å². The Bertz CT molecular complexity index is 451. The highest BCUT2D eigenvalue weighted by atomic mass is 19.1. The van der Waals surface area contributed by atoms with Crippen LogP contribution in [0, 0.1) is 11.6 Å². The Morgan fingerprint density at radius 3 is 2.11 bits per heavy atom. The molecule has 98 valence electrons. The first-order valence-corrected chi connectivity index (χ1v) is 5.17. The zero-order valence-corrected chi connectivity index (χ0v) is 9.75. The molecule has 0 N–H and O–H groups in total. The third-order valence-electron chi connectivity index (χ3n) is 2.00. The van der Waals surface area contributed by atoms with Crippen molar-refractivity contribution in [2.24, 2.45) is 0 Å². The Hall–Kier alpha value is -1.85. The van der Waals surface area contributed by atoms with Gasteiger partial charge in [0, 0.05) is 0 Å². The van der Waals surface area contributed by atoms with E-state index in [1.165, 1.54) is 13.8 Å². The number of carbonyl (C=O) groups is 2. The Kier molecular flexibility index (Phi) is 4.47. The summed E-state index contributed by atoms with van der Waals surface area (Å²) in [5.41, 5.74) is -1.08. The van der Waals surface area contributed by atoms with Gasteiger partial charge in [-0.3, -0.25) is 4.79 Å². The number of benzene rings is 1. The largest absolute Gasteiger partial charge is 0.460 e. The van der Waals surface area contributed by atoms with Crippen molar-refractivity contribution in [2.45, 2.75) is 26.1 Å². The smallest absolute Gasteiger partial charge is 0.349 e. The first-order valence-electron chi connectivity index (χ1n) is 5.17. The van der Waals surface area contributed by atoms with Gasteiger partial charge >= 0.3 is 5.97 Å². The second-order valence-electron chi connectivity index (χ2n) is 3.81. The number of ketones is 1. The van der Waals surface area contributed by atoms with Crippen LogP contribution in [0.5, 0.6) is 0 Å². The summed E-state index contributed by atoms with van der Waals surface area (Å²) in [5, 5.41) is 0. The maximum Gasteiger partial charge on any atom is 0.349 e. The van der Waals surface area contributed by atoms with Crippen molar-refractivity contribution in [3.8, 4) is 0 Å². The second kappa shape index (κ2) is 5.66. The van der Waals surface area contributed by atoms with Crippen molar-refractivity contribution in [1.29, 1.82) is 0 Å². The van der Waals surface area contributed by atoms with Gasteiger partial charge in [-0.05, 0) is 26.0 Å². The summed E-state index contributed by atoms with van der Waals surface area (Å²) in [4.78, 5) is 22.6. The molecule has 0 bridgehead atoms. The van der Waals surface area contributed by atoms with Crippen LogP contribution >= 0.6 is 0 Å². The first-order chi connectivity index (χ1) is 8.34. The molecule has 1 rings (SSSR count). The Morgan fingerprint density at radius 1 is 1.17 bits per heavy atom. The van der Waals surface area contributed by atoms with Gasteiger partial charge in [0.15, 0.2) is 0 Å². The quantitative estimate of drug-likeness (QED) is 0.474. The van der Waals surface area contributed by atoms with Crippen molar-refractivity contribution >= 4 is 11.8 Å². The number of halogens is 3. The molecule has 1 aromatic carbocycles. The summed E-state index contributed by atoms with van der Waals surface area (Å²) in [6, 6.07) is 2.63. The molecule has 0 aliphatic heterocycles. The van der Waals surface area contributed by atoms with Crippen LogP contribution in [-0.4, -0.2) is 24.0 Å². The lowest BCUT2D eigenvalue weighted by Gasteiger charge is -2.11. The minimum absolute atomic E-state index is 0.631. The fourth-order valence-corrected chi connectivity index (χ4v) is 1.26. The highest BCUT2D eigenvalue weighted by Gasteiger charge is 2.33. The molecular weight excluding hydrogens is 249 g/mol. The number of hydrogen-bond acceptors (Lipinski definition) is 3. The summed E-state index contributed by atoms with van der Waals surface area (Å²) in [7, 11) is 0. The molecule has 0 radical (unpaired) electrons. The van der Waals surface area contributed by atoms with E-state index in [0.29, 0.717) is 0 Å². The van der Waals surface area contributed by atoms with Gasteiger partial charge in [0.25, 0.3) is 6.17 Å². The Balaban J connectivity index is 2.97. The van der Waals surface area contributed by atoms with Crippen molar-refractivity contribution in [1.82, 2.24) is 0 Å². The van der Waals surface area contributed by atoms with E-state index in [-0.39, 0.29) is 0 Å². The van der Waals surface area contributed by atoms with Crippen LogP contribution in [0.3, 0.4) is 0 Å². The molecule has 1 aromatic rings. The molecule has 6 heteroatoms. The lowest BCUT2D eigenvalue weighted by molar-refractivity contribution is -0.151. The SMILES string of the molecule is CC(C)OC(=O)C(F)C(=O)c1c(F)cccc1F. The van der Waals surface area contributed by atoms with E-state index in [1.54, 1.807) is 0 Å². The predicted molar refractivity (Wildman–Crippen MR) is 56.8 cm³/mol. The average Bonchev–Trinajstić information content (AvgIpc) is 2.26. The van der Waals surface area contributed by atoms with E-state index >= 15 is 0 Å². The standard InChI is InChI=1S/C12H11F3O3/c1-6(2)18-12(17)10(15)11(16)9-7(13)4-3-5-8(9)14/h3-6,10H,1-2H3. The van der Waals surface area contributed by atoms with E-state index in [9.17, 15) is 22.8 Å². The summed E-state index contributed by atoms with van der Waals surface area (Å²) in [6.45, 7) is 2.91. The van der Waals surface area contributed by atoms with Gasteiger partial charge in [0.1, 0.15) is 11.6 Å². The Morgan fingerprint density at radius 2 is 1.67 bits per heavy atom. The van der Waals surface area contributed by atoms with Crippen molar-refractivity contribution in [3.05, 3.63) is 35.4 Å². The topological polar surface area (TPSA) is 43.4 Å². The van der Waals surface area contributed by atoms with Gasteiger partial charge in [-0.1, -0.05) is 6.07 Å². The van der Waals surface area contributed by atoms with Crippen LogP contribution in [0.4, 0.5) is 13.2 Å². The molecule has 0 aliphatic rings. The molecular formula is C12H11F3O3. The first kappa shape index (κ1) is 14.2. The fraction of sp³-hybridized carbons (Fsp3) is 0.333. The Labute approximate surface area is 102 Å². The number of alkyl halides is 1. The third-order valence-corrected chi connectivity index (χ3v) is 2.00. The molecule has 1 unspecified atom stereocenters. The molecule has 0 saturated carbocycles. The average molecular weight is 260 g/mol. The second-order valence-corrected chi connectivity index (χ2v) is 3.81. The summed E-state index contributed by atoms with van der Waals surface area (Å²) in [6.07, 6.45) is -3.37. The van der Waals surface area contributed by atoms with Gasteiger partial charge in [0.05, 0.1) is 11.7 Å². The summed E-state index contributed by atoms with van der Waals surface area (Å²) >= 11 is 0. The van der Waals surface area contributed by atoms with Gasteiger partial charge in [-0.25, -0.2) is 18.0 Å². The van der Waals surface area contributed by atoms with Crippen LogP contribution in [0.1, 0.15) is 24.2 Å². The minimum atomic E-state index is -2.74. The fourth-order valence-electron chi connectivity index (χ4n) is 1.26. The van der Waals surface area contributed by atoms with Gasteiger partial charge in [0.2, 0.25) is 5.78 Å². The lowest BCUT2D eigenvalue weighted by Crippen LogP contribution is -2.31. The van der Waals surface area contributed by atoms with E-state index in [0.717, 1.165) is 18.2 Å². The van der Waals surface area contributed by atoms with Crippen LogP contribution < -0.4 is 0 Å². The van der Waals surface area contributed by atoms with Crippen LogP contribution in [-0.2, 0) is 9.53 Å². The monoisotopic (exact) mass is 260 g/mol. The highest BCUT2D eigenvalue weighted by molar-refractivity contribution is 6.11. The number of hydrogen-bond donors (Lipinski definition) is 0. The number of Topliss-reactive ketones (excluding diaryl/α,β-unsaturated/α-hetero) is 1. The van der Waals surface area contributed by atoms with Crippen molar-refractivity contribution in [2.75, 3.05) is 0 Å². The maximum absolute atomic E-state index is 13.4. The predicted octanol–water partition coefficient (Wildman–Crippen LogP) is 2.44. The minimum Gasteiger partial charge on any atom is -0.460 e. The lowest BCUT2D eigenvalue weighted by atomic mass is 10.1. The molecule has 0 spiro atoms. The van der Waals surface area contributed by atoms with Gasteiger partial charge < -0.3 is 4.74 Å². The molecule has 0 saturated heterocycles. The number of ether oxygens (including phenoxy) is 1. The molecule has 3 nitrogen and oxygen atoms in total. The molecule has 0 aromatic heterocycles. The maximum atomic E-state index is 13.4. The normalized spacial score (nSPS) is 12.3. The molecule has 0 fully saturated rings. The molecule has 0 heterocycles. The third kappa shape index (κ3) is 3.09. The summed E-state index contributed by atoms with van der Waals surface area (Å²) in [5.74, 6) is -5.49. The van der Waals surface area contributed by atoms with Crippen molar-refractivity contribution in [3.63, 3.8) is 0 Å². The number of carbonyl (C=O) groups excluding carboxylic acids is 2.